The van der Waals surface area contributed by atoms with Crippen LogP contribution >= 0.6 is 0 Å². The molecular formula is C17H10F3NO. The number of hydrogen-bond donors (Lipinski definition) is 0. The Hall–Kier alpha value is -2.87. The Labute approximate surface area is 125 Å². The number of benzene rings is 2. The molecule has 0 atom stereocenters. The van der Waals surface area contributed by atoms with Crippen LogP contribution in [0.1, 0.15) is 21.5 Å². The SMILES string of the molecule is N#C/C(=C\c1ccccc1C(F)(F)F)C(=O)c1ccccc1. The van der Waals surface area contributed by atoms with Crippen LogP contribution in [-0.2, 0) is 6.18 Å². The molecule has 0 N–H and O–H groups in total. The number of carbonyl (C=O) groups is 1. The number of halogens is 3. The Morgan fingerprint density at radius 3 is 2.18 bits per heavy atom. The van der Waals surface area contributed by atoms with Crippen LogP contribution in [0.2, 0.25) is 0 Å². The lowest BCUT2D eigenvalue weighted by molar-refractivity contribution is -0.137. The second-order valence-electron chi connectivity index (χ2n) is 4.45. The second-order valence-corrected chi connectivity index (χ2v) is 4.45. The molecule has 0 unspecified atom stereocenters. The van der Waals surface area contributed by atoms with Gasteiger partial charge in [0.1, 0.15) is 11.6 Å². The summed E-state index contributed by atoms with van der Waals surface area (Å²) in [6, 6.07) is 14.4. The summed E-state index contributed by atoms with van der Waals surface area (Å²) in [4.78, 5) is 12.2. The number of alkyl halides is 3. The summed E-state index contributed by atoms with van der Waals surface area (Å²) < 4.78 is 38.8. The molecule has 110 valence electrons. The van der Waals surface area contributed by atoms with Gasteiger partial charge in [0, 0.05) is 5.56 Å². The zero-order valence-corrected chi connectivity index (χ0v) is 11.3. The predicted molar refractivity (Wildman–Crippen MR) is 75.8 cm³/mol. The average Bonchev–Trinajstić information content (AvgIpc) is 2.52. The molecule has 0 aliphatic carbocycles. The number of carbonyl (C=O) groups excluding carboxylic acids is 1. The van der Waals surface area contributed by atoms with Crippen LogP contribution < -0.4 is 0 Å². The molecule has 5 heteroatoms. The molecule has 0 aliphatic heterocycles. The van der Waals surface area contributed by atoms with E-state index in [0.29, 0.717) is 0 Å². The van der Waals surface area contributed by atoms with Crippen LogP contribution in [0.15, 0.2) is 60.2 Å². The van der Waals surface area contributed by atoms with Crippen molar-refractivity contribution in [1.29, 1.82) is 5.26 Å². The van der Waals surface area contributed by atoms with Crippen LogP contribution in [0, 0.1) is 11.3 Å². The molecule has 2 aromatic rings. The Morgan fingerprint density at radius 1 is 1.00 bits per heavy atom. The van der Waals surface area contributed by atoms with E-state index in [1.165, 1.54) is 30.3 Å². The molecule has 0 spiro atoms. The zero-order valence-electron chi connectivity index (χ0n) is 11.3. The molecule has 0 fully saturated rings. The molecule has 0 saturated carbocycles. The van der Waals surface area contributed by atoms with Gasteiger partial charge in [-0.2, -0.15) is 18.4 Å². The fourth-order valence-electron chi connectivity index (χ4n) is 1.93. The third kappa shape index (κ3) is 3.41. The molecule has 0 bridgehead atoms. The van der Waals surface area contributed by atoms with E-state index in [2.05, 4.69) is 0 Å². The largest absolute Gasteiger partial charge is 0.416 e. The molecule has 0 aliphatic rings. The molecule has 0 heterocycles. The number of rotatable bonds is 3. The van der Waals surface area contributed by atoms with E-state index in [0.717, 1.165) is 12.1 Å². The Kier molecular flexibility index (Phi) is 4.42. The normalized spacial score (nSPS) is 11.8. The first-order chi connectivity index (χ1) is 10.4. The van der Waals surface area contributed by atoms with Crippen molar-refractivity contribution in [3.05, 3.63) is 76.9 Å². The Bertz CT molecular complexity index is 755. The van der Waals surface area contributed by atoms with Crippen LogP contribution in [0.25, 0.3) is 6.08 Å². The van der Waals surface area contributed by atoms with Gasteiger partial charge in [-0.15, -0.1) is 0 Å². The van der Waals surface area contributed by atoms with Gasteiger partial charge in [-0.25, -0.2) is 0 Å². The van der Waals surface area contributed by atoms with Crippen LogP contribution in [0.4, 0.5) is 13.2 Å². The monoisotopic (exact) mass is 301 g/mol. The van der Waals surface area contributed by atoms with Crippen LogP contribution in [-0.4, -0.2) is 5.78 Å². The van der Waals surface area contributed by atoms with E-state index >= 15 is 0 Å². The smallest absolute Gasteiger partial charge is 0.288 e. The first-order valence-electron chi connectivity index (χ1n) is 6.31. The molecule has 2 aromatic carbocycles. The second kappa shape index (κ2) is 6.27. The van der Waals surface area contributed by atoms with Crippen molar-refractivity contribution in [2.24, 2.45) is 0 Å². The number of allylic oxidation sites excluding steroid dienone is 1. The summed E-state index contributed by atoms with van der Waals surface area (Å²) in [5, 5.41) is 9.09. The highest BCUT2D eigenvalue weighted by atomic mass is 19.4. The van der Waals surface area contributed by atoms with Gasteiger partial charge in [0.2, 0.25) is 5.78 Å². The summed E-state index contributed by atoms with van der Waals surface area (Å²) in [5.74, 6) is -0.611. The fourth-order valence-corrected chi connectivity index (χ4v) is 1.93. The van der Waals surface area contributed by atoms with Crippen molar-refractivity contribution in [3.8, 4) is 6.07 Å². The van der Waals surface area contributed by atoms with E-state index in [1.54, 1.807) is 24.3 Å². The van der Waals surface area contributed by atoms with Gasteiger partial charge in [0.05, 0.1) is 5.56 Å². The highest BCUT2D eigenvalue weighted by Crippen LogP contribution is 2.33. The van der Waals surface area contributed by atoms with E-state index in [4.69, 9.17) is 5.26 Å². The maximum Gasteiger partial charge on any atom is 0.416 e. The van der Waals surface area contributed by atoms with Gasteiger partial charge in [0.25, 0.3) is 0 Å². The lowest BCUT2D eigenvalue weighted by Crippen LogP contribution is -2.08. The summed E-state index contributed by atoms with van der Waals surface area (Å²) in [5.41, 5.74) is -1.19. The maximum absolute atomic E-state index is 12.9. The van der Waals surface area contributed by atoms with Crippen molar-refractivity contribution in [2.75, 3.05) is 0 Å². The van der Waals surface area contributed by atoms with Gasteiger partial charge in [-0.05, 0) is 17.7 Å². The van der Waals surface area contributed by atoms with Crippen molar-refractivity contribution < 1.29 is 18.0 Å². The first-order valence-corrected chi connectivity index (χ1v) is 6.31. The van der Waals surface area contributed by atoms with E-state index in [-0.39, 0.29) is 16.7 Å². The molecular weight excluding hydrogens is 291 g/mol. The molecule has 2 nitrogen and oxygen atoms in total. The molecule has 0 aromatic heterocycles. The van der Waals surface area contributed by atoms with Gasteiger partial charge >= 0.3 is 6.18 Å². The summed E-state index contributed by atoms with van der Waals surface area (Å²) in [6.07, 6.45) is -3.58. The summed E-state index contributed by atoms with van der Waals surface area (Å²) >= 11 is 0. The quantitative estimate of drug-likeness (QED) is 0.476. The Balaban J connectivity index is 2.48. The zero-order chi connectivity index (χ0) is 16.2. The number of nitriles is 1. The Morgan fingerprint density at radius 2 is 1.59 bits per heavy atom. The molecule has 0 radical (unpaired) electrons. The lowest BCUT2D eigenvalue weighted by atomic mass is 9.99. The number of ketones is 1. The highest BCUT2D eigenvalue weighted by molar-refractivity contribution is 6.14. The van der Waals surface area contributed by atoms with Crippen LogP contribution in [0.5, 0.6) is 0 Å². The van der Waals surface area contributed by atoms with Crippen molar-refractivity contribution in [2.45, 2.75) is 6.18 Å². The minimum Gasteiger partial charge on any atom is -0.288 e. The van der Waals surface area contributed by atoms with Crippen molar-refractivity contribution >= 4 is 11.9 Å². The number of nitrogens with zero attached hydrogens (tertiary/aromatic N) is 1. The van der Waals surface area contributed by atoms with Gasteiger partial charge in [-0.3, -0.25) is 4.79 Å². The first kappa shape index (κ1) is 15.5. The third-order valence-electron chi connectivity index (χ3n) is 2.97. The predicted octanol–water partition coefficient (Wildman–Crippen LogP) is 4.50. The van der Waals surface area contributed by atoms with Crippen molar-refractivity contribution in [1.82, 2.24) is 0 Å². The fraction of sp³-hybridized carbons (Fsp3) is 0.0588. The molecule has 0 amide bonds. The molecule has 2 rings (SSSR count). The summed E-state index contributed by atoms with van der Waals surface area (Å²) in [7, 11) is 0. The van der Waals surface area contributed by atoms with Gasteiger partial charge < -0.3 is 0 Å². The minimum atomic E-state index is -4.55. The number of hydrogen-bond acceptors (Lipinski definition) is 2. The highest BCUT2D eigenvalue weighted by Gasteiger charge is 2.32. The van der Waals surface area contributed by atoms with Gasteiger partial charge in [-0.1, -0.05) is 48.5 Å². The van der Waals surface area contributed by atoms with Gasteiger partial charge in [0.15, 0.2) is 0 Å². The topological polar surface area (TPSA) is 40.9 Å². The van der Waals surface area contributed by atoms with Crippen molar-refractivity contribution in [3.63, 3.8) is 0 Å². The standard InChI is InChI=1S/C17H10F3NO/c18-17(19,20)15-9-5-4-8-13(15)10-14(11-21)16(22)12-6-2-1-3-7-12/h1-10H/b14-10+. The maximum atomic E-state index is 12.9. The van der Waals surface area contributed by atoms with Crippen LogP contribution in [0.3, 0.4) is 0 Å². The molecule has 0 saturated heterocycles. The number of Topliss-reactive ketones (excluding diaryl/α,β-unsaturated/α-hetero) is 1. The molecule has 22 heavy (non-hydrogen) atoms. The van der Waals surface area contributed by atoms with E-state index in [1.807, 2.05) is 0 Å². The average molecular weight is 301 g/mol. The minimum absolute atomic E-state index is 0.212. The lowest BCUT2D eigenvalue weighted by Gasteiger charge is -2.10. The van der Waals surface area contributed by atoms with E-state index < -0.39 is 17.5 Å². The summed E-state index contributed by atoms with van der Waals surface area (Å²) in [6.45, 7) is 0. The van der Waals surface area contributed by atoms with E-state index in [9.17, 15) is 18.0 Å². The third-order valence-corrected chi connectivity index (χ3v) is 2.97.